The highest BCUT2D eigenvalue weighted by Crippen LogP contribution is 2.16. The van der Waals surface area contributed by atoms with Crippen molar-refractivity contribution in [3.8, 4) is 5.75 Å². The molecule has 1 amide bonds. The van der Waals surface area contributed by atoms with Crippen LogP contribution in [-0.2, 0) is 11.2 Å². The van der Waals surface area contributed by atoms with Crippen molar-refractivity contribution in [1.29, 1.82) is 0 Å². The lowest BCUT2D eigenvalue weighted by atomic mass is 10.1. The minimum atomic E-state index is -0.0565. The van der Waals surface area contributed by atoms with E-state index in [-0.39, 0.29) is 5.91 Å². The van der Waals surface area contributed by atoms with Gasteiger partial charge in [-0.05, 0) is 49.7 Å². The van der Waals surface area contributed by atoms with E-state index in [1.54, 1.807) is 7.05 Å². The van der Waals surface area contributed by atoms with Gasteiger partial charge in [-0.15, -0.1) is 0 Å². The summed E-state index contributed by atoms with van der Waals surface area (Å²) in [5, 5.41) is 5.61. The zero-order valence-electron chi connectivity index (χ0n) is 12.8. The first-order chi connectivity index (χ1) is 10.8. The SMILES string of the molecule is CNCC(=O)Nc1ccc(OCCCc2ccccc2)cc1. The summed E-state index contributed by atoms with van der Waals surface area (Å²) in [5.74, 6) is 0.763. The molecule has 2 aromatic carbocycles. The first-order valence-electron chi connectivity index (χ1n) is 7.49. The van der Waals surface area contributed by atoms with Crippen LogP contribution in [0.15, 0.2) is 54.6 Å². The largest absolute Gasteiger partial charge is 0.494 e. The summed E-state index contributed by atoms with van der Waals surface area (Å²) in [6, 6.07) is 17.8. The first-order valence-corrected chi connectivity index (χ1v) is 7.49. The van der Waals surface area contributed by atoms with Gasteiger partial charge < -0.3 is 15.4 Å². The second-order valence-corrected chi connectivity index (χ2v) is 5.04. The lowest BCUT2D eigenvalue weighted by molar-refractivity contribution is -0.115. The van der Waals surface area contributed by atoms with Crippen molar-refractivity contribution < 1.29 is 9.53 Å². The molecular weight excluding hydrogens is 276 g/mol. The van der Waals surface area contributed by atoms with Gasteiger partial charge in [0, 0.05) is 5.69 Å². The zero-order chi connectivity index (χ0) is 15.6. The van der Waals surface area contributed by atoms with Crippen molar-refractivity contribution in [3.05, 3.63) is 60.2 Å². The Bertz CT molecular complexity index is 567. The molecule has 0 atom stereocenters. The fourth-order valence-electron chi connectivity index (χ4n) is 2.11. The second-order valence-electron chi connectivity index (χ2n) is 5.04. The molecule has 22 heavy (non-hydrogen) atoms. The van der Waals surface area contributed by atoms with Crippen LogP contribution in [0.5, 0.6) is 5.75 Å². The quantitative estimate of drug-likeness (QED) is 0.737. The first kappa shape index (κ1) is 16.0. The van der Waals surface area contributed by atoms with Crippen LogP contribution in [0.2, 0.25) is 0 Å². The number of likely N-dealkylation sites (N-methyl/N-ethyl adjacent to an activating group) is 1. The Labute approximate surface area is 131 Å². The molecule has 0 aliphatic carbocycles. The molecule has 0 saturated carbocycles. The number of hydrogen-bond donors (Lipinski definition) is 2. The molecular formula is C18H22N2O2. The fourth-order valence-corrected chi connectivity index (χ4v) is 2.11. The molecule has 4 nitrogen and oxygen atoms in total. The number of benzene rings is 2. The molecule has 0 bridgehead atoms. The molecule has 0 fully saturated rings. The van der Waals surface area contributed by atoms with E-state index in [9.17, 15) is 4.79 Å². The van der Waals surface area contributed by atoms with Crippen LogP contribution in [0, 0.1) is 0 Å². The molecule has 4 heteroatoms. The van der Waals surface area contributed by atoms with Crippen LogP contribution in [0.25, 0.3) is 0 Å². The van der Waals surface area contributed by atoms with E-state index in [1.165, 1.54) is 5.56 Å². The van der Waals surface area contributed by atoms with Gasteiger partial charge in [-0.3, -0.25) is 4.79 Å². The van der Waals surface area contributed by atoms with Crippen LogP contribution < -0.4 is 15.4 Å². The Morgan fingerprint density at radius 1 is 1.05 bits per heavy atom. The highest BCUT2D eigenvalue weighted by molar-refractivity contribution is 5.92. The maximum atomic E-state index is 11.4. The number of nitrogens with one attached hydrogen (secondary N) is 2. The molecule has 2 N–H and O–H groups in total. The summed E-state index contributed by atoms with van der Waals surface area (Å²) in [7, 11) is 1.74. The number of ether oxygens (including phenoxy) is 1. The van der Waals surface area contributed by atoms with Crippen molar-refractivity contribution in [2.24, 2.45) is 0 Å². The number of hydrogen-bond acceptors (Lipinski definition) is 3. The molecule has 0 saturated heterocycles. The summed E-state index contributed by atoms with van der Waals surface area (Å²) in [4.78, 5) is 11.4. The van der Waals surface area contributed by atoms with Crippen LogP contribution >= 0.6 is 0 Å². The number of carbonyl (C=O) groups excluding carboxylic acids is 1. The topological polar surface area (TPSA) is 50.4 Å². The predicted octanol–water partition coefficient (Wildman–Crippen LogP) is 2.86. The van der Waals surface area contributed by atoms with Crippen molar-refractivity contribution in [2.45, 2.75) is 12.8 Å². The molecule has 116 valence electrons. The summed E-state index contributed by atoms with van der Waals surface area (Å²) >= 11 is 0. The predicted molar refractivity (Wildman–Crippen MR) is 89.3 cm³/mol. The molecule has 2 rings (SSSR count). The molecule has 0 radical (unpaired) electrons. The minimum absolute atomic E-state index is 0.0565. The number of rotatable bonds is 8. The molecule has 0 aliphatic rings. The van der Waals surface area contributed by atoms with Crippen molar-refractivity contribution in [2.75, 3.05) is 25.5 Å². The van der Waals surface area contributed by atoms with Gasteiger partial charge >= 0.3 is 0 Å². The van der Waals surface area contributed by atoms with Crippen LogP contribution in [-0.4, -0.2) is 26.1 Å². The minimum Gasteiger partial charge on any atom is -0.494 e. The number of aryl methyl sites for hydroxylation is 1. The normalized spacial score (nSPS) is 10.2. The lowest BCUT2D eigenvalue weighted by Gasteiger charge is -2.08. The highest BCUT2D eigenvalue weighted by atomic mass is 16.5. The Balaban J connectivity index is 1.71. The molecule has 0 aromatic heterocycles. The van der Waals surface area contributed by atoms with E-state index >= 15 is 0 Å². The average Bonchev–Trinajstić information content (AvgIpc) is 2.54. The van der Waals surface area contributed by atoms with E-state index in [2.05, 4.69) is 34.9 Å². The van der Waals surface area contributed by atoms with Gasteiger partial charge in [0.25, 0.3) is 0 Å². The van der Waals surface area contributed by atoms with E-state index in [1.807, 2.05) is 30.3 Å². The molecule has 0 spiro atoms. The lowest BCUT2D eigenvalue weighted by Crippen LogP contribution is -2.24. The summed E-state index contributed by atoms with van der Waals surface area (Å²) < 4.78 is 5.71. The highest BCUT2D eigenvalue weighted by Gasteiger charge is 2.01. The third-order valence-corrected chi connectivity index (χ3v) is 3.20. The van der Waals surface area contributed by atoms with Crippen molar-refractivity contribution >= 4 is 11.6 Å². The summed E-state index contributed by atoms with van der Waals surface area (Å²) in [5.41, 5.74) is 2.10. The second kappa shape index (κ2) is 8.85. The van der Waals surface area contributed by atoms with Gasteiger partial charge in [-0.1, -0.05) is 30.3 Å². The third-order valence-electron chi connectivity index (χ3n) is 3.20. The van der Waals surface area contributed by atoms with Crippen molar-refractivity contribution in [1.82, 2.24) is 5.32 Å². The summed E-state index contributed by atoms with van der Waals surface area (Å²) in [6.45, 7) is 0.984. The van der Waals surface area contributed by atoms with Crippen molar-refractivity contribution in [3.63, 3.8) is 0 Å². The Morgan fingerprint density at radius 3 is 2.45 bits per heavy atom. The maximum Gasteiger partial charge on any atom is 0.238 e. The Kier molecular flexibility index (Phi) is 6.45. The van der Waals surface area contributed by atoms with Crippen LogP contribution in [0.1, 0.15) is 12.0 Å². The van der Waals surface area contributed by atoms with Gasteiger partial charge in [0.05, 0.1) is 13.2 Å². The summed E-state index contributed by atoms with van der Waals surface area (Å²) in [6.07, 6.45) is 1.99. The monoisotopic (exact) mass is 298 g/mol. The van der Waals surface area contributed by atoms with E-state index in [4.69, 9.17) is 4.74 Å². The molecule has 0 aliphatic heterocycles. The molecule has 0 unspecified atom stereocenters. The third kappa shape index (κ3) is 5.58. The fraction of sp³-hybridized carbons (Fsp3) is 0.278. The number of amides is 1. The zero-order valence-corrected chi connectivity index (χ0v) is 12.8. The Morgan fingerprint density at radius 2 is 1.77 bits per heavy atom. The van der Waals surface area contributed by atoms with Gasteiger partial charge in [-0.2, -0.15) is 0 Å². The molecule has 2 aromatic rings. The van der Waals surface area contributed by atoms with Crippen LogP contribution in [0.4, 0.5) is 5.69 Å². The average molecular weight is 298 g/mol. The van der Waals surface area contributed by atoms with Gasteiger partial charge in [0.2, 0.25) is 5.91 Å². The molecule has 0 heterocycles. The van der Waals surface area contributed by atoms with E-state index < -0.39 is 0 Å². The van der Waals surface area contributed by atoms with Gasteiger partial charge in [-0.25, -0.2) is 0 Å². The van der Waals surface area contributed by atoms with Gasteiger partial charge in [0.1, 0.15) is 5.75 Å². The Hall–Kier alpha value is -2.33. The smallest absolute Gasteiger partial charge is 0.238 e. The van der Waals surface area contributed by atoms with Gasteiger partial charge in [0.15, 0.2) is 0 Å². The van der Waals surface area contributed by atoms with Crippen LogP contribution in [0.3, 0.4) is 0 Å². The standard InChI is InChI=1S/C18H22N2O2/c1-19-14-18(21)20-16-9-11-17(12-10-16)22-13-5-8-15-6-3-2-4-7-15/h2-4,6-7,9-12,19H,5,8,13-14H2,1H3,(H,20,21). The van der Waals surface area contributed by atoms with E-state index in [0.29, 0.717) is 13.2 Å². The number of carbonyl (C=O) groups is 1. The van der Waals surface area contributed by atoms with E-state index in [0.717, 1.165) is 24.3 Å². The number of anilines is 1. The maximum absolute atomic E-state index is 11.4.